The molecule has 2 nitrogen and oxygen atoms in total. The first-order valence-corrected chi connectivity index (χ1v) is 12.5. The number of aliphatic hydroxyl groups excluding tert-OH is 1. The predicted octanol–water partition coefficient (Wildman–Crippen LogP) is 5.03. The Morgan fingerprint density at radius 3 is 1.73 bits per heavy atom. The van der Waals surface area contributed by atoms with Crippen molar-refractivity contribution in [3.05, 3.63) is 103 Å². The van der Waals surface area contributed by atoms with Gasteiger partial charge in [-0.25, -0.2) is 0 Å². The van der Waals surface area contributed by atoms with Crippen LogP contribution < -0.4 is 10.4 Å². The van der Waals surface area contributed by atoms with Gasteiger partial charge < -0.3 is 9.53 Å². The van der Waals surface area contributed by atoms with Gasteiger partial charge in [0.2, 0.25) is 0 Å². The highest BCUT2D eigenvalue weighted by Crippen LogP contribution is 2.36. The first-order chi connectivity index (χ1) is 14.4. The van der Waals surface area contributed by atoms with Crippen molar-refractivity contribution in [1.29, 1.82) is 0 Å². The summed E-state index contributed by atoms with van der Waals surface area (Å²) in [4.78, 5) is 0. The fourth-order valence-corrected chi connectivity index (χ4v) is 8.56. The maximum Gasteiger partial charge on any atom is 0.261 e. The van der Waals surface area contributed by atoms with Crippen molar-refractivity contribution >= 4 is 24.8 Å². The van der Waals surface area contributed by atoms with Crippen molar-refractivity contribution in [1.82, 2.24) is 0 Å². The Kier molecular flexibility index (Phi) is 7.43. The summed E-state index contributed by atoms with van der Waals surface area (Å²) >= 11 is 0. The largest absolute Gasteiger partial charge is 0.407 e. The van der Waals surface area contributed by atoms with Gasteiger partial charge in [0.05, 0.1) is 6.10 Å². The SMILES string of the molecule is CC(C)(C)[Si](OCCC(O)C=Cc1ccccc1)(c1ccccc1)c1ccccc1. The van der Waals surface area contributed by atoms with Gasteiger partial charge in [-0.2, -0.15) is 0 Å². The zero-order valence-electron chi connectivity index (χ0n) is 18.2. The lowest BCUT2D eigenvalue weighted by Crippen LogP contribution is -2.66. The lowest BCUT2D eigenvalue weighted by Gasteiger charge is -2.43. The zero-order valence-corrected chi connectivity index (χ0v) is 19.2. The smallest absolute Gasteiger partial charge is 0.261 e. The Balaban J connectivity index is 1.82. The van der Waals surface area contributed by atoms with Gasteiger partial charge in [-0.05, 0) is 27.4 Å². The Bertz CT molecular complexity index is 876. The highest BCUT2D eigenvalue weighted by molar-refractivity contribution is 6.99. The number of rotatable bonds is 8. The second-order valence-electron chi connectivity index (χ2n) is 8.64. The van der Waals surface area contributed by atoms with Gasteiger partial charge in [-0.1, -0.05) is 124 Å². The molecule has 3 aromatic carbocycles. The summed E-state index contributed by atoms with van der Waals surface area (Å²) in [5.74, 6) is 0. The van der Waals surface area contributed by atoms with Gasteiger partial charge in [0.1, 0.15) is 0 Å². The maximum absolute atomic E-state index is 10.5. The van der Waals surface area contributed by atoms with E-state index in [1.807, 2.05) is 42.5 Å². The summed E-state index contributed by atoms with van der Waals surface area (Å²) in [5.41, 5.74) is 1.09. The van der Waals surface area contributed by atoms with E-state index >= 15 is 0 Å². The number of benzene rings is 3. The molecule has 0 bridgehead atoms. The normalized spacial score (nSPS) is 13.5. The van der Waals surface area contributed by atoms with Gasteiger partial charge in [0.15, 0.2) is 0 Å². The van der Waals surface area contributed by atoms with Crippen LogP contribution in [0.1, 0.15) is 32.8 Å². The Labute approximate surface area is 182 Å². The monoisotopic (exact) mass is 416 g/mol. The lowest BCUT2D eigenvalue weighted by molar-refractivity contribution is 0.175. The second-order valence-corrected chi connectivity index (χ2v) is 12.9. The molecule has 3 aromatic rings. The van der Waals surface area contributed by atoms with E-state index in [-0.39, 0.29) is 5.04 Å². The zero-order chi connectivity index (χ0) is 21.5. The van der Waals surface area contributed by atoms with Crippen molar-refractivity contribution in [2.24, 2.45) is 0 Å². The summed E-state index contributed by atoms with van der Waals surface area (Å²) in [6, 6.07) is 31.3. The molecule has 0 saturated carbocycles. The van der Waals surface area contributed by atoms with E-state index < -0.39 is 14.4 Å². The van der Waals surface area contributed by atoms with E-state index in [0.717, 1.165) is 5.56 Å². The van der Waals surface area contributed by atoms with E-state index in [9.17, 15) is 5.11 Å². The molecule has 0 aliphatic carbocycles. The molecule has 0 amide bonds. The summed E-state index contributed by atoms with van der Waals surface area (Å²) in [6.45, 7) is 7.31. The molecule has 0 spiro atoms. The van der Waals surface area contributed by atoms with Crippen LogP contribution in [0.25, 0.3) is 6.08 Å². The topological polar surface area (TPSA) is 29.5 Å². The van der Waals surface area contributed by atoms with Crippen molar-refractivity contribution in [2.75, 3.05) is 6.61 Å². The second kappa shape index (κ2) is 10.0. The predicted molar refractivity (Wildman–Crippen MR) is 130 cm³/mol. The van der Waals surface area contributed by atoms with E-state index in [4.69, 9.17) is 4.43 Å². The first-order valence-electron chi connectivity index (χ1n) is 10.6. The quantitative estimate of drug-likeness (QED) is 0.522. The van der Waals surface area contributed by atoms with Crippen LogP contribution in [0.4, 0.5) is 0 Å². The molecule has 1 atom stereocenters. The van der Waals surface area contributed by atoms with Gasteiger partial charge in [0.25, 0.3) is 8.32 Å². The third-order valence-corrected chi connectivity index (χ3v) is 10.5. The summed E-state index contributed by atoms with van der Waals surface area (Å²) in [5, 5.41) is 13.0. The highest BCUT2D eigenvalue weighted by Gasteiger charge is 2.49. The molecular formula is C27H32O2Si. The molecule has 0 heterocycles. The fraction of sp³-hybridized carbons (Fsp3) is 0.259. The third-order valence-electron chi connectivity index (χ3n) is 5.46. The summed E-state index contributed by atoms with van der Waals surface area (Å²) in [6.07, 6.45) is 3.84. The van der Waals surface area contributed by atoms with Gasteiger partial charge in [-0.3, -0.25) is 0 Å². The Morgan fingerprint density at radius 1 is 0.800 bits per heavy atom. The molecular weight excluding hydrogens is 384 g/mol. The van der Waals surface area contributed by atoms with Crippen molar-refractivity contribution in [2.45, 2.75) is 38.3 Å². The molecule has 0 saturated heterocycles. The average molecular weight is 417 g/mol. The van der Waals surface area contributed by atoms with Crippen LogP contribution in [-0.2, 0) is 4.43 Å². The van der Waals surface area contributed by atoms with Crippen molar-refractivity contribution in [3.63, 3.8) is 0 Å². The minimum Gasteiger partial charge on any atom is -0.407 e. The van der Waals surface area contributed by atoms with Gasteiger partial charge in [0, 0.05) is 6.61 Å². The van der Waals surface area contributed by atoms with Crippen molar-refractivity contribution < 1.29 is 9.53 Å². The summed E-state index contributed by atoms with van der Waals surface area (Å²) < 4.78 is 6.83. The van der Waals surface area contributed by atoms with Crippen molar-refractivity contribution in [3.8, 4) is 0 Å². The minimum atomic E-state index is -2.54. The van der Waals surface area contributed by atoms with E-state index in [1.54, 1.807) is 0 Å². The van der Waals surface area contributed by atoms with Crippen LogP contribution in [0, 0.1) is 0 Å². The van der Waals surface area contributed by atoms with Crippen LogP contribution in [0.15, 0.2) is 97.1 Å². The standard InChI is InChI=1S/C27H32O2Si/c1-27(2,3)30(25-15-9-5-10-16-25,26-17-11-6-12-18-26)29-22-21-24(28)20-19-23-13-7-4-8-14-23/h4-20,24,28H,21-22H2,1-3H3. The number of hydrogen-bond acceptors (Lipinski definition) is 2. The maximum atomic E-state index is 10.5. The lowest BCUT2D eigenvalue weighted by atomic mass is 10.1. The third kappa shape index (κ3) is 5.17. The van der Waals surface area contributed by atoms with Crippen LogP contribution >= 0.6 is 0 Å². The van der Waals surface area contributed by atoms with Crippen LogP contribution in [0.3, 0.4) is 0 Å². The Morgan fingerprint density at radius 2 is 1.27 bits per heavy atom. The van der Waals surface area contributed by atoms with E-state index in [1.165, 1.54) is 10.4 Å². The van der Waals surface area contributed by atoms with Gasteiger partial charge in [-0.15, -0.1) is 0 Å². The summed E-state index contributed by atoms with van der Waals surface area (Å²) in [7, 11) is -2.54. The van der Waals surface area contributed by atoms with Gasteiger partial charge >= 0.3 is 0 Å². The molecule has 0 aromatic heterocycles. The molecule has 0 aliphatic heterocycles. The average Bonchev–Trinajstić information content (AvgIpc) is 2.76. The highest BCUT2D eigenvalue weighted by atomic mass is 28.4. The molecule has 0 aliphatic rings. The number of aliphatic hydroxyl groups is 1. The minimum absolute atomic E-state index is 0.0550. The molecule has 3 heteroatoms. The number of hydrogen-bond donors (Lipinski definition) is 1. The fourth-order valence-electron chi connectivity index (χ4n) is 3.98. The molecule has 1 unspecified atom stereocenters. The van der Waals surface area contributed by atoms with Crippen LogP contribution in [0.5, 0.6) is 0 Å². The molecule has 0 fully saturated rings. The molecule has 0 radical (unpaired) electrons. The van der Waals surface area contributed by atoms with Crippen LogP contribution in [0.2, 0.25) is 5.04 Å². The molecule has 156 valence electrons. The molecule has 1 N–H and O–H groups in total. The van der Waals surface area contributed by atoms with E-state index in [0.29, 0.717) is 13.0 Å². The Hall–Kier alpha value is -2.46. The molecule has 3 rings (SSSR count). The molecule has 30 heavy (non-hydrogen) atoms. The first kappa shape index (κ1) is 22.2. The van der Waals surface area contributed by atoms with Crippen LogP contribution in [-0.4, -0.2) is 26.1 Å². The van der Waals surface area contributed by atoms with E-state index in [2.05, 4.69) is 81.4 Å².